The van der Waals surface area contributed by atoms with Crippen molar-refractivity contribution < 1.29 is 4.79 Å². The van der Waals surface area contributed by atoms with E-state index in [1.807, 2.05) is 7.05 Å². The van der Waals surface area contributed by atoms with E-state index in [1.54, 1.807) is 6.92 Å². The van der Waals surface area contributed by atoms with E-state index in [9.17, 15) is 4.79 Å². The summed E-state index contributed by atoms with van der Waals surface area (Å²) in [6.07, 6.45) is 3.68. The lowest BCUT2D eigenvalue weighted by atomic mass is 9.83. The SMILES string of the molecule is CNC[C@@H]1CCCc2cc(SC(C)=O)ccc21. The molecule has 0 saturated heterocycles. The molecule has 0 amide bonds. The summed E-state index contributed by atoms with van der Waals surface area (Å²) >= 11 is 1.33. The first-order valence-corrected chi connectivity index (χ1v) is 6.98. The highest BCUT2D eigenvalue weighted by molar-refractivity contribution is 8.13. The van der Waals surface area contributed by atoms with Gasteiger partial charge in [-0.2, -0.15) is 0 Å². The number of rotatable bonds is 3. The maximum absolute atomic E-state index is 11.1. The largest absolute Gasteiger partial charge is 0.319 e. The van der Waals surface area contributed by atoms with Crippen molar-refractivity contribution in [1.82, 2.24) is 5.32 Å². The monoisotopic (exact) mass is 249 g/mol. The molecule has 92 valence electrons. The maximum atomic E-state index is 11.1. The maximum Gasteiger partial charge on any atom is 0.190 e. The van der Waals surface area contributed by atoms with E-state index < -0.39 is 0 Å². The smallest absolute Gasteiger partial charge is 0.190 e. The molecule has 0 fully saturated rings. The third-order valence-corrected chi connectivity index (χ3v) is 4.04. The lowest BCUT2D eigenvalue weighted by Gasteiger charge is -2.25. The van der Waals surface area contributed by atoms with Gasteiger partial charge in [-0.1, -0.05) is 17.8 Å². The predicted octanol–water partition coefficient (Wildman–Crippen LogP) is 2.96. The molecule has 1 aliphatic carbocycles. The molecule has 1 aromatic carbocycles. The highest BCUT2D eigenvalue weighted by Crippen LogP contribution is 2.33. The highest BCUT2D eigenvalue weighted by Gasteiger charge is 2.19. The summed E-state index contributed by atoms with van der Waals surface area (Å²) in [6.45, 7) is 2.67. The van der Waals surface area contributed by atoms with Crippen LogP contribution in [0.4, 0.5) is 0 Å². The van der Waals surface area contributed by atoms with Crippen LogP contribution in [0, 0.1) is 0 Å². The first-order valence-electron chi connectivity index (χ1n) is 6.16. The number of hydrogen-bond donors (Lipinski definition) is 1. The van der Waals surface area contributed by atoms with E-state index in [4.69, 9.17) is 0 Å². The third-order valence-electron chi connectivity index (χ3n) is 3.27. The van der Waals surface area contributed by atoms with Crippen molar-refractivity contribution in [3.05, 3.63) is 29.3 Å². The molecule has 17 heavy (non-hydrogen) atoms. The van der Waals surface area contributed by atoms with Crippen molar-refractivity contribution in [3.63, 3.8) is 0 Å². The first kappa shape index (κ1) is 12.7. The zero-order valence-corrected chi connectivity index (χ0v) is 11.3. The van der Waals surface area contributed by atoms with Crippen molar-refractivity contribution in [2.24, 2.45) is 0 Å². The molecular weight excluding hydrogens is 230 g/mol. The minimum Gasteiger partial charge on any atom is -0.319 e. The number of carbonyl (C=O) groups is 1. The lowest BCUT2D eigenvalue weighted by molar-refractivity contribution is -0.109. The second kappa shape index (κ2) is 5.69. The number of hydrogen-bond acceptors (Lipinski definition) is 3. The molecule has 2 nitrogen and oxygen atoms in total. The number of fused-ring (bicyclic) bond motifs is 1. The van der Waals surface area contributed by atoms with Crippen LogP contribution in [0.3, 0.4) is 0 Å². The molecule has 0 radical (unpaired) electrons. The van der Waals surface area contributed by atoms with Crippen LogP contribution >= 0.6 is 11.8 Å². The van der Waals surface area contributed by atoms with Crippen LogP contribution in [-0.2, 0) is 11.2 Å². The van der Waals surface area contributed by atoms with E-state index in [2.05, 4.69) is 23.5 Å². The molecule has 1 N–H and O–H groups in total. The Morgan fingerprint density at radius 3 is 3.06 bits per heavy atom. The van der Waals surface area contributed by atoms with Gasteiger partial charge >= 0.3 is 0 Å². The third kappa shape index (κ3) is 3.11. The molecular formula is C14H19NOS. The molecule has 0 bridgehead atoms. The summed E-state index contributed by atoms with van der Waals surface area (Å²) in [4.78, 5) is 12.2. The van der Waals surface area contributed by atoms with E-state index in [0.29, 0.717) is 5.92 Å². The van der Waals surface area contributed by atoms with E-state index in [-0.39, 0.29) is 5.12 Å². The first-order chi connectivity index (χ1) is 8.20. The minimum absolute atomic E-state index is 0.160. The van der Waals surface area contributed by atoms with Gasteiger partial charge in [0, 0.05) is 18.4 Å². The zero-order chi connectivity index (χ0) is 12.3. The average Bonchev–Trinajstić information content (AvgIpc) is 2.28. The van der Waals surface area contributed by atoms with Gasteiger partial charge < -0.3 is 5.32 Å². The Hall–Kier alpha value is -0.800. The predicted molar refractivity (Wildman–Crippen MR) is 72.6 cm³/mol. The van der Waals surface area contributed by atoms with Crippen LogP contribution in [-0.4, -0.2) is 18.7 Å². The quantitative estimate of drug-likeness (QED) is 0.835. The number of benzene rings is 1. The molecule has 0 spiro atoms. The summed E-state index contributed by atoms with van der Waals surface area (Å²) in [7, 11) is 2.01. The van der Waals surface area contributed by atoms with Gasteiger partial charge in [0.05, 0.1) is 0 Å². The van der Waals surface area contributed by atoms with Crippen LogP contribution in [0.15, 0.2) is 23.1 Å². The van der Waals surface area contributed by atoms with Gasteiger partial charge in [-0.05, 0) is 55.5 Å². The van der Waals surface area contributed by atoms with Crippen molar-refractivity contribution in [2.45, 2.75) is 37.0 Å². The summed E-state index contributed by atoms with van der Waals surface area (Å²) in [6, 6.07) is 6.49. The number of thioether (sulfide) groups is 1. The van der Waals surface area contributed by atoms with Crippen molar-refractivity contribution in [1.29, 1.82) is 0 Å². The summed E-state index contributed by atoms with van der Waals surface area (Å²) in [5.41, 5.74) is 2.90. The Balaban J connectivity index is 2.23. The Kier molecular flexibility index (Phi) is 4.24. The molecule has 1 aliphatic rings. The summed E-state index contributed by atoms with van der Waals surface area (Å²) < 4.78 is 0. The van der Waals surface area contributed by atoms with E-state index in [0.717, 1.165) is 17.9 Å². The van der Waals surface area contributed by atoms with Gasteiger partial charge in [-0.3, -0.25) is 4.79 Å². The number of likely N-dealkylation sites (N-methyl/N-ethyl adjacent to an activating group) is 1. The molecule has 0 saturated carbocycles. The Morgan fingerprint density at radius 2 is 2.35 bits per heavy atom. The molecule has 0 unspecified atom stereocenters. The lowest BCUT2D eigenvalue weighted by Crippen LogP contribution is -2.21. The average molecular weight is 249 g/mol. The van der Waals surface area contributed by atoms with E-state index >= 15 is 0 Å². The number of nitrogens with one attached hydrogen (secondary N) is 1. The number of aryl methyl sites for hydroxylation is 1. The minimum atomic E-state index is 0.160. The fourth-order valence-corrected chi connectivity index (χ4v) is 3.25. The van der Waals surface area contributed by atoms with Crippen LogP contribution in [0.25, 0.3) is 0 Å². The normalized spacial score (nSPS) is 18.8. The molecule has 0 aliphatic heterocycles. The second-order valence-electron chi connectivity index (χ2n) is 4.60. The van der Waals surface area contributed by atoms with Crippen molar-refractivity contribution in [3.8, 4) is 0 Å². The zero-order valence-electron chi connectivity index (χ0n) is 10.5. The molecule has 0 heterocycles. The molecule has 0 aromatic heterocycles. The fourth-order valence-electron chi connectivity index (χ4n) is 2.58. The van der Waals surface area contributed by atoms with Gasteiger partial charge in [0.2, 0.25) is 0 Å². The standard InChI is InChI=1S/C14H19NOS/c1-10(16)17-13-6-7-14-11(8-13)4-3-5-12(14)9-15-2/h6-8,12,15H,3-5,9H2,1-2H3/t12-/m0/s1. The van der Waals surface area contributed by atoms with Gasteiger partial charge in [0.1, 0.15) is 0 Å². The van der Waals surface area contributed by atoms with Gasteiger partial charge in [-0.15, -0.1) is 0 Å². The van der Waals surface area contributed by atoms with Crippen LogP contribution in [0.1, 0.15) is 36.8 Å². The molecule has 1 atom stereocenters. The molecule has 3 heteroatoms. The van der Waals surface area contributed by atoms with Crippen LogP contribution < -0.4 is 5.32 Å². The molecule has 1 aromatic rings. The number of carbonyl (C=O) groups excluding carboxylic acids is 1. The summed E-state index contributed by atoms with van der Waals surface area (Å²) in [5, 5.41) is 3.43. The van der Waals surface area contributed by atoms with Gasteiger partial charge in [0.15, 0.2) is 5.12 Å². The second-order valence-corrected chi connectivity index (χ2v) is 5.85. The van der Waals surface area contributed by atoms with Crippen LogP contribution in [0.2, 0.25) is 0 Å². The fraction of sp³-hybridized carbons (Fsp3) is 0.500. The summed E-state index contributed by atoms with van der Waals surface area (Å²) in [5.74, 6) is 0.639. The Morgan fingerprint density at radius 1 is 1.53 bits per heavy atom. The van der Waals surface area contributed by atoms with Gasteiger partial charge in [-0.25, -0.2) is 0 Å². The van der Waals surface area contributed by atoms with Crippen molar-refractivity contribution in [2.75, 3.05) is 13.6 Å². The van der Waals surface area contributed by atoms with E-state index in [1.165, 1.54) is 35.7 Å². The molecule has 2 rings (SSSR count). The van der Waals surface area contributed by atoms with Gasteiger partial charge in [0.25, 0.3) is 0 Å². The highest BCUT2D eigenvalue weighted by atomic mass is 32.2. The van der Waals surface area contributed by atoms with Crippen LogP contribution in [0.5, 0.6) is 0 Å². The topological polar surface area (TPSA) is 29.1 Å². The Bertz CT molecular complexity index is 417. The van der Waals surface area contributed by atoms with Crippen molar-refractivity contribution >= 4 is 16.9 Å². The Labute approximate surface area is 107 Å².